The molecule has 3 fully saturated rings. The number of hydrogen-bond acceptors (Lipinski definition) is 2. The second-order valence-corrected chi connectivity index (χ2v) is 7.96. The maximum Gasteiger partial charge on any atom is 0.0661 e. The van der Waals surface area contributed by atoms with Crippen molar-refractivity contribution in [3.05, 3.63) is 0 Å². The molecule has 4 unspecified atom stereocenters. The average molecular weight is 293 g/mol. The quantitative estimate of drug-likeness (QED) is 0.804. The number of hydrogen-bond donors (Lipinski definition) is 1. The maximum atomic E-state index is 6.07. The zero-order chi connectivity index (χ0) is 14.7. The van der Waals surface area contributed by atoms with E-state index >= 15 is 0 Å². The fourth-order valence-electron chi connectivity index (χ4n) is 5.34. The Hall–Kier alpha value is -0.0800. The van der Waals surface area contributed by atoms with E-state index in [0.29, 0.717) is 11.5 Å². The van der Waals surface area contributed by atoms with Crippen LogP contribution >= 0.6 is 0 Å². The summed E-state index contributed by atoms with van der Waals surface area (Å²) in [6.07, 6.45) is 14.7. The molecule has 0 amide bonds. The van der Waals surface area contributed by atoms with Crippen molar-refractivity contribution in [2.75, 3.05) is 13.2 Å². The molecule has 0 radical (unpaired) electrons. The molecule has 0 bridgehead atoms. The summed E-state index contributed by atoms with van der Waals surface area (Å²) in [7, 11) is 0. The standard InChI is InChI=1S/C19H35NO/c1-3-21-18-13-17(19(18)11-7-4-8-12-19)20-14-16-10-6-5-9-15(16)2/h15-18,20H,3-14H2,1-2H3. The van der Waals surface area contributed by atoms with E-state index in [1.165, 1.54) is 70.8 Å². The Kier molecular flexibility index (Phi) is 5.27. The van der Waals surface area contributed by atoms with Crippen molar-refractivity contribution in [3.8, 4) is 0 Å². The lowest BCUT2D eigenvalue weighted by Gasteiger charge is -2.58. The Labute approximate surface area is 131 Å². The molecular formula is C19H35NO. The molecule has 0 aromatic carbocycles. The van der Waals surface area contributed by atoms with Crippen LogP contribution in [0.2, 0.25) is 0 Å². The second-order valence-electron chi connectivity index (χ2n) is 7.96. The van der Waals surface area contributed by atoms with Crippen LogP contribution in [-0.4, -0.2) is 25.3 Å². The molecule has 4 atom stereocenters. The van der Waals surface area contributed by atoms with Crippen LogP contribution < -0.4 is 5.32 Å². The van der Waals surface area contributed by atoms with Gasteiger partial charge in [-0.1, -0.05) is 45.4 Å². The predicted molar refractivity (Wildman–Crippen MR) is 88.5 cm³/mol. The van der Waals surface area contributed by atoms with Crippen molar-refractivity contribution in [1.82, 2.24) is 5.32 Å². The summed E-state index contributed by atoms with van der Waals surface area (Å²) in [6, 6.07) is 0.739. The van der Waals surface area contributed by atoms with Gasteiger partial charge in [-0.3, -0.25) is 0 Å². The molecule has 2 nitrogen and oxygen atoms in total. The van der Waals surface area contributed by atoms with Crippen molar-refractivity contribution in [2.24, 2.45) is 17.3 Å². The molecule has 0 saturated heterocycles. The SMILES string of the molecule is CCOC1CC(NCC2CCCCC2C)C12CCCCC2. The lowest BCUT2D eigenvalue weighted by molar-refractivity contribution is -0.150. The highest BCUT2D eigenvalue weighted by atomic mass is 16.5. The summed E-state index contributed by atoms with van der Waals surface area (Å²) in [5, 5.41) is 3.99. The third kappa shape index (κ3) is 3.17. The Bertz CT molecular complexity index is 324. The van der Waals surface area contributed by atoms with Crippen LogP contribution in [0.5, 0.6) is 0 Å². The normalized spacial score (nSPS) is 39.1. The average Bonchev–Trinajstić information content (AvgIpc) is 2.52. The zero-order valence-corrected chi connectivity index (χ0v) is 14.2. The lowest BCUT2D eigenvalue weighted by Crippen LogP contribution is -2.65. The van der Waals surface area contributed by atoms with E-state index in [4.69, 9.17) is 4.74 Å². The van der Waals surface area contributed by atoms with E-state index in [-0.39, 0.29) is 0 Å². The van der Waals surface area contributed by atoms with Crippen LogP contribution in [-0.2, 0) is 4.74 Å². The molecule has 1 spiro atoms. The van der Waals surface area contributed by atoms with Gasteiger partial charge in [0, 0.05) is 18.1 Å². The molecule has 122 valence electrons. The van der Waals surface area contributed by atoms with Gasteiger partial charge in [0.05, 0.1) is 6.10 Å². The summed E-state index contributed by atoms with van der Waals surface area (Å²) >= 11 is 0. The Balaban J connectivity index is 1.54. The highest BCUT2D eigenvalue weighted by molar-refractivity contribution is 5.09. The van der Waals surface area contributed by atoms with Gasteiger partial charge >= 0.3 is 0 Å². The summed E-state index contributed by atoms with van der Waals surface area (Å²) in [4.78, 5) is 0. The highest BCUT2D eigenvalue weighted by Crippen LogP contribution is 2.53. The first-order valence-electron chi connectivity index (χ1n) is 9.61. The van der Waals surface area contributed by atoms with Gasteiger partial charge in [0.1, 0.15) is 0 Å². The van der Waals surface area contributed by atoms with Crippen LogP contribution in [0.4, 0.5) is 0 Å². The van der Waals surface area contributed by atoms with Crippen molar-refractivity contribution in [3.63, 3.8) is 0 Å². The summed E-state index contributed by atoms with van der Waals surface area (Å²) in [5.41, 5.74) is 0.492. The number of nitrogens with one attached hydrogen (secondary N) is 1. The second kappa shape index (κ2) is 7.00. The van der Waals surface area contributed by atoms with E-state index in [1.54, 1.807) is 0 Å². The summed E-state index contributed by atoms with van der Waals surface area (Å²) in [6.45, 7) is 6.76. The first kappa shape index (κ1) is 15.8. The lowest BCUT2D eigenvalue weighted by atomic mass is 9.55. The smallest absolute Gasteiger partial charge is 0.0661 e. The van der Waals surface area contributed by atoms with Crippen molar-refractivity contribution in [2.45, 2.75) is 90.2 Å². The number of ether oxygens (including phenoxy) is 1. The van der Waals surface area contributed by atoms with E-state index < -0.39 is 0 Å². The van der Waals surface area contributed by atoms with Gasteiger partial charge in [0.2, 0.25) is 0 Å². The third-order valence-corrected chi connectivity index (χ3v) is 6.85. The first-order valence-corrected chi connectivity index (χ1v) is 9.61. The molecule has 0 aliphatic heterocycles. The molecule has 2 heteroatoms. The molecular weight excluding hydrogens is 258 g/mol. The minimum atomic E-state index is 0.492. The largest absolute Gasteiger partial charge is 0.378 e. The van der Waals surface area contributed by atoms with Crippen LogP contribution in [0, 0.1) is 17.3 Å². The van der Waals surface area contributed by atoms with E-state index in [9.17, 15) is 0 Å². The van der Waals surface area contributed by atoms with Gasteiger partial charge < -0.3 is 10.1 Å². The molecule has 21 heavy (non-hydrogen) atoms. The molecule has 3 saturated carbocycles. The van der Waals surface area contributed by atoms with Crippen LogP contribution in [0.3, 0.4) is 0 Å². The minimum absolute atomic E-state index is 0.492. The van der Waals surface area contributed by atoms with Gasteiger partial charge in [0.15, 0.2) is 0 Å². The van der Waals surface area contributed by atoms with Crippen LogP contribution in [0.1, 0.15) is 78.1 Å². The van der Waals surface area contributed by atoms with E-state index in [0.717, 1.165) is 24.5 Å². The van der Waals surface area contributed by atoms with Gasteiger partial charge in [-0.25, -0.2) is 0 Å². The minimum Gasteiger partial charge on any atom is -0.378 e. The van der Waals surface area contributed by atoms with Gasteiger partial charge in [-0.2, -0.15) is 0 Å². The molecule has 0 heterocycles. The highest BCUT2D eigenvalue weighted by Gasteiger charge is 2.55. The predicted octanol–water partition coefficient (Wildman–Crippen LogP) is 4.53. The Morgan fingerprint density at radius 2 is 1.81 bits per heavy atom. The van der Waals surface area contributed by atoms with Crippen LogP contribution in [0.15, 0.2) is 0 Å². The van der Waals surface area contributed by atoms with Gasteiger partial charge in [0.25, 0.3) is 0 Å². The molecule has 3 aliphatic rings. The fourth-order valence-corrected chi connectivity index (χ4v) is 5.34. The first-order chi connectivity index (χ1) is 10.3. The van der Waals surface area contributed by atoms with E-state index in [1.807, 2.05) is 0 Å². The Morgan fingerprint density at radius 3 is 2.52 bits per heavy atom. The molecule has 0 aromatic rings. The zero-order valence-electron chi connectivity index (χ0n) is 14.2. The van der Waals surface area contributed by atoms with E-state index in [2.05, 4.69) is 19.2 Å². The third-order valence-electron chi connectivity index (χ3n) is 6.85. The van der Waals surface area contributed by atoms with Gasteiger partial charge in [-0.15, -0.1) is 0 Å². The Morgan fingerprint density at radius 1 is 1.05 bits per heavy atom. The maximum absolute atomic E-state index is 6.07. The topological polar surface area (TPSA) is 21.3 Å². The van der Waals surface area contributed by atoms with Crippen molar-refractivity contribution >= 4 is 0 Å². The van der Waals surface area contributed by atoms with Crippen molar-refractivity contribution in [1.29, 1.82) is 0 Å². The number of rotatable bonds is 5. The van der Waals surface area contributed by atoms with Crippen LogP contribution in [0.25, 0.3) is 0 Å². The van der Waals surface area contributed by atoms with Crippen molar-refractivity contribution < 1.29 is 4.74 Å². The molecule has 0 aromatic heterocycles. The molecule has 3 aliphatic carbocycles. The monoisotopic (exact) mass is 293 g/mol. The fraction of sp³-hybridized carbons (Fsp3) is 1.00. The molecule has 3 rings (SSSR count). The summed E-state index contributed by atoms with van der Waals surface area (Å²) < 4.78 is 6.07. The summed E-state index contributed by atoms with van der Waals surface area (Å²) in [5.74, 6) is 1.85. The molecule has 1 N–H and O–H groups in total. The van der Waals surface area contributed by atoms with Gasteiger partial charge in [-0.05, 0) is 51.0 Å².